The summed E-state index contributed by atoms with van der Waals surface area (Å²) in [4.78, 5) is 12.2. The lowest BCUT2D eigenvalue weighted by molar-refractivity contribution is -0.121. The molecule has 0 fully saturated rings. The van der Waals surface area contributed by atoms with E-state index in [4.69, 9.17) is 4.74 Å². The minimum absolute atomic E-state index is 0.109. The molecule has 8 nitrogen and oxygen atoms in total. The number of nitrogens with zero attached hydrogens (tertiary/aromatic N) is 2. The highest BCUT2D eigenvalue weighted by atomic mass is 32.2. The predicted molar refractivity (Wildman–Crippen MR) is 92.7 cm³/mol. The number of H-pyrrole nitrogens is 1. The third kappa shape index (κ3) is 4.37. The van der Waals surface area contributed by atoms with E-state index in [2.05, 4.69) is 15.5 Å². The van der Waals surface area contributed by atoms with Gasteiger partial charge in [0.25, 0.3) is 0 Å². The van der Waals surface area contributed by atoms with Gasteiger partial charge in [0.1, 0.15) is 10.6 Å². The number of benzene rings is 1. The standard InChI is InChI=1S/C16H22N4O4S/c1-11-16(12(2)19-18-11)25(22,23)20(3)10-15(21)17-9-13-5-7-14(24-4)8-6-13/h5-8H,9-10H2,1-4H3,(H,17,21)(H,18,19). The van der Waals surface area contributed by atoms with Crippen LogP contribution in [0.25, 0.3) is 0 Å². The summed E-state index contributed by atoms with van der Waals surface area (Å²) in [7, 11) is -0.833. The number of ether oxygens (including phenoxy) is 1. The van der Waals surface area contributed by atoms with Crippen LogP contribution in [-0.2, 0) is 21.4 Å². The first-order valence-electron chi connectivity index (χ1n) is 7.63. The summed E-state index contributed by atoms with van der Waals surface area (Å²) in [6.07, 6.45) is 0. The topological polar surface area (TPSA) is 104 Å². The minimum atomic E-state index is -3.78. The highest BCUT2D eigenvalue weighted by Crippen LogP contribution is 2.20. The molecule has 0 atom stereocenters. The largest absolute Gasteiger partial charge is 0.497 e. The fourth-order valence-corrected chi connectivity index (χ4v) is 3.81. The minimum Gasteiger partial charge on any atom is -0.497 e. The Bertz CT molecular complexity index is 824. The third-order valence-electron chi connectivity index (χ3n) is 3.74. The molecule has 0 unspecified atom stereocenters. The van der Waals surface area contributed by atoms with Gasteiger partial charge in [-0.15, -0.1) is 0 Å². The second kappa shape index (κ2) is 7.66. The van der Waals surface area contributed by atoms with Crippen LogP contribution >= 0.6 is 0 Å². The second-order valence-electron chi connectivity index (χ2n) is 5.65. The number of likely N-dealkylation sites (N-methyl/N-ethyl adjacent to an activating group) is 1. The van der Waals surface area contributed by atoms with Crippen molar-refractivity contribution in [2.75, 3.05) is 20.7 Å². The molecular weight excluding hydrogens is 344 g/mol. The van der Waals surface area contributed by atoms with Gasteiger partial charge >= 0.3 is 0 Å². The molecule has 2 rings (SSSR count). The van der Waals surface area contributed by atoms with Crippen LogP contribution in [0.5, 0.6) is 5.75 Å². The number of hydrogen-bond acceptors (Lipinski definition) is 5. The van der Waals surface area contributed by atoms with Gasteiger partial charge in [-0.2, -0.15) is 9.40 Å². The molecule has 2 N–H and O–H groups in total. The molecule has 136 valence electrons. The average Bonchev–Trinajstić information content (AvgIpc) is 2.92. The first-order valence-corrected chi connectivity index (χ1v) is 9.07. The van der Waals surface area contributed by atoms with Gasteiger partial charge < -0.3 is 10.1 Å². The fraction of sp³-hybridized carbons (Fsp3) is 0.375. The molecule has 0 bridgehead atoms. The zero-order valence-electron chi connectivity index (χ0n) is 14.7. The fourth-order valence-electron chi connectivity index (χ4n) is 2.36. The van der Waals surface area contributed by atoms with Crippen molar-refractivity contribution in [3.8, 4) is 5.75 Å². The summed E-state index contributed by atoms with van der Waals surface area (Å²) in [5.41, 5.74) is 1.71. The molecule has 0 spiro atoms. The van der Waals surface area contributed by atoms with Crippen molar-refractivity contribution in [3.05, 3.63) is 41.2 Å². The number of carbonyl (C=O) groups excluding carboxylic acids is 1. The van der Waals surface area contributed by atoms with Gasteiger partial charge in [-0.25, -0.2) is 8.42 Å². The number of rotatable bonds is 7. The Labute approximate surface area is 147 Å². The molecule has 0 aliphatic rings. The zero-order valence-corrected chi connectivity index (χ0v) is 15.5. The highest BCUT2D eigenvalue weighted by Gasteiger charge is 2.28. The summed E-state index contributed by atoms with van der Waals surface area (Å²) in [5.74, 6) is 0.340. The Morgan fingerprint density at radius 2 is 1.92 bits per heavy atom. The van der Waals surface area contributed by atoms with E-state index in [0.29, 0.717) is 17.9 Å². The van der Waals surface area contributed by atoms with Crippen molar-refractivity contribution in [2.45, 2.75) is 25.3 Å². The summed E-state index contributed by atoms with van der Waals surface area (Å²) >= 11 is 0. The molecule has 1 aromatic carbocycles. The number of aromatic nitrogens is 2. The lowest BCUT2D eigenvalue weighted by Gasteiger charge is -2.17. The predicted octanol–water partition coefficient (Wildman–Crippen LogP) is 0.972. The highest BCUT2D eigenvalue weighted by molar-refractivity contribution is 7.89. The number of aryl methyl sites for hydroxylation is 2. The zero-order chi connectivity index (χ0) is 18.6. The molecule has 0 saturated carbocycles. The Morgan fingerprint density at radius 1 is 1.28 bits per heavy atom. The van der Waals surface area contributed by atoms with Crippen LogP contribution < -0.4 is 10.1 Å². The first-order chi connectivity index (χ1) is 11.8. The Morgan fingerprint density at radius 3 is 2.44 bits per heavy atom. The number of hydrogen-bond donors (Lipinski definition) is 2. The lowest BCUT2D eigenvalue weighted by atomic mass is 10.2. The van der Waals surface area contributed by atoms with Crippen molar-refractivity contribution in [3.63, 3.8) is 0 Å². The third-order valence-corrected chi connectivity index (χ3v) is 5.81. The lowest BCUT2D eigenvalue weighted by Crippen LogP contribution is -2.38. The smallest absolute Gasteiger partial charge is 0.246 e. The van der Waals surface area contributed by atoms with E-state index < -0.39 is 10.0 Å². The number of methoxy groups -OCH3 is 1. The molecule has 25 heavy (non-hydrogen) atoms. The van der Waals surface area contributed by atoms with Crippen molar-refractivity contribution < 1.29 is 17.9 Å². The molecule has 0 radical (unpaired) electrons. The molecule has 0 aliphatic heterocycles. The summed E-state index contributed by atoms with van der Waals surface area (Å²) in [6.45, 7) is 3.27. The van der Waals surface area contributed by atoms with Crippen molar-refractivity contribution >= 4 is 15.9 Å². The Hall–Kier alpha value is -2.39. The van der Waals surface area contributed by atoms with Crippen LogP contribution in [0.1, 0.15) is 17.0 Å². The van der Waals surface area contributed by atoms with E-state index in [1.165, 1.54) is 7.05 Å². The van der Waals surface area contributed by atoms with Gasteiger partial charge in [0.2, 0.25) is 15.9 Å². The second-order valence-corrected chi connectivity index (χ2v) is 7.63. The van der Waals surface area contributed by atoms with E-state index in [1.54, 1.807) is 33.1 Å². The quantitative estimate of drug-likeness (QED) is 0.760. The van der Waals surface area contributed by atoms with Crippen LogP contribution in [0.4, 0.5) is 0 Å². The number of carbonyl (C=O) groups is 1. The van der Waals surface area contributed by atoms with E-state index in [-0.39, 0.29) is 17.3 Å². The molecule has 1 aromatic heterocycles. The normalized spacial score (nSPS) is 11.6. The molecule has 0 saturated heterocycles. The van der Waals surface area contributed by atoms with Crippen LogP contribution in [0.3, 0.4) is 0 Å². The molecule has 2 aromatic rings. The maximum atomic E-state index is 12.6. The van der Waals surface area contributed by atoms with Gasteiger partial charge in [-0.1, -0.05) is 12.1 Å². The van der Waals surface area contributed by atoms with Gasteiger partial charge in [-0.05, 0) is 31.5 Å². The van der Waals surface area contributed by atoms with Crippen LogP contribution in [-0.4, -0.2) is 49.5 Å². The number of nitrogens with one attached hydrogen (secondary N) is 2. The Balaban J connectivity index is 1.97. The van der Waals surface area contributed by atoms with Crippen LogP contribution in [0.2, 0.25) is 0 Å². The van der Waals surface area contributed by atoms with Gasteiger partial charge in [0.05, 0.1) is 25.0 Å². The van der Waals surface area contributed by atoms with E-state index in [0.717, 1.165) is 15.6 Å². The molecular formula is C16H22N4O4S. The van der Waals surface area contributed by atoms with Gasteiger partial charge in [-0.3, -0.25) is 9.89 Å². The van der Waals surface area contributed by atoms with E-state index in [9.17, 15) is 13.2 Å². The van der Waals surface area contributed by atoms with E-state index >= 15 is 0 Å². The number of aromatic amines is 1. The maximum absolute atomic E-state index is 12.6. The van der Waals surface area contributed by atoms with Gasteiger partial charge in [0, 0.05) is 13.6 Å². The Kier molecular flexibility index (Phi) is 5.81. The monoisotopic (exact) mass is 366 g/mol. The maximum Gasteiger partial charge on any atom is 0.246 e. The van der Waals surface area contributed by atoms with Crippen molar-refractivity contribution in [1.82, 2.24) is 19.8 Å². The number of sulfonamides is 1. The number of amides is 1. The molecule has 1 heterocycles. The van der Waals surface area contributed by atoms with Crippen LogP contribution in [0.15, 0.2) is 29.2 Å². The van der Waals surface area contributed by atoms with Crippen molar-refractivity contribution in [1.29, 1.82) is 0 Å². The molecule has 0 aliphatic carbocycles. The summed E-state index contributed by atoms with van der Waals surface area (Å²) in [5, 5.41) is 9.24. The van der Waals surface area contributed by atoms with Crippen LogP contribution in [0, 0.1) is 13.8 Å². The first kappa shape index (κ1) is 18.9. The average molecular weight is 366 g/mol. The molecule has 1 amide bonds. The van der Waals surface area contributed by atoms with E-state index in [1.807, 2.05) is 12.1 Å². The van der Waals surface area contributed by atoms with Gasteiger partial charge in [0.15, 0.2) is 0 Å². The summed E-state index contributed by atoms with van der Waals surface area (Å²) in [6, 6.07) is 7.25. The summed E-state index contributed by atoms with van der Waals surface area (Å²) < 4.78 is 31.3. The molecule has 9 heteroatoms. The SMILES string of the molecule is COc1ccc(CNC(=O)CN(C)S(=O)(=O)c2c(C)n[nH]c2C)cc1. The van der Waals surface area contributed by atoms with Crippen molar-refractivity contribution in [2.24, 2.45) is 0 Å².